The number of nitrogens with two attached hydrogens (primary N) is 1. The van der Waals surface area contributed by atoms with E-state index in [-0.39, 0.29) is 6.04 Å². The molecule has 2 heterocycles. The topological polar surface area (TPSA) is 78.0 Å². The van der Waals surface area contributed by atoms with Crippen LogP contribution in [0, 0.1) is 6.92 Å². The highest BCUT2D eigenvalue weighted by Gasteiger charge is 2.22. The van der Waals surface area contributed by atoms with Crippen LogP contribution in [-0.4, -0.2) is 28.5 Å². The summed E-state index contributed by atoms with van der Waals surface area (Å²) in [5, 5.41) is 5.80. The zero-order valence-corrected chi connectivity index (χ0v) is 12.3. The zero-order chi connectivity index (χ0) is 13.8. The van der Waals surface area contributed by atoms with Crippen molar-refractivity contribution in [3.8, 4) is 0 Å². The van der Waals surface area contributed by atoms with Crippen molar-refractivity contribution in [2.45, 2.75) is 19.5 Å². The number of hydrazine groups is 1. The highest BCUT2D eigenvalue weighted by Crippen LogP contribution is 2.30. The number of methoxy groups -OCH3 is 1. The van der Waals surface area contributed by atoms with Crippen LogP contribution < -0.4 is 11.3 Å². The van der Waals surface area contributed by atoms with Crippen molar-refractivity contribution in [3.05, 3.63) is 33.0 Å². The van der Waals surface area contributed by atoms with Gasteiger partial charge in [-0.1, -0.05) is 11.6 Å². The molecule has 0 aliphatic heterocycles. The number of hydrogen-bond acceptors (Lipinski definition) is 6. The van der Waals surface area contributed by atoms with Gasteiger partial charge in [0.15, 0.2) is 0 Å². The van der Waals surface area contributed by atoms with Crippen LogP contribution in [0.5, 0.6) is 0 Å². The molecule has 19 heavy (non-hydrogen) atoms. The first-order valence-electron chi connectivity index (χ1n) is 5.76. The van der Waals surface area contributed by atoms with Crippen molar-refractivity contribution in [3.63, 3.8) is 0 Å². The second kappa shape index (κ2) is 6.44. The van der Waals surface area contributed by atoms with Gasteiger partial charge in [0, 0.05) is 18.2 Å². The smallest absolute Gasteiger partial charge is 0.100 e. The third-order valence-electron chi connectivity index (χ3n) is 2.70. The van der Waals surface area contributed by atoms with Gasteiger partial charge in [-0.15, -0.1) is 11.3 Å². The second-order valence-corrected chi connectivity index (χ2v) is 5.65. The highest BCUT2D eigenvalue weighted by molar-refractivity contribution is 7.11. The second-order valence-electron chi connectivity index (χ2n) is 3.98. The van der Waals surface area contributed by atoms with E-state index in [1.165, 1.54) is 0 Å². The van der Waals surface area contributed by atoms with Crippen LogP contribution in [0.3, 0.4) is 0 Å². The minimum absolute atomic E-state index is 0.224. The summed E-state index contributed by atoms with van der Waals surface area (Å²) in [4.78, 5) is 5.24. The first-order valence-corrected chi connectivity index (χ1v) is 6.95. The minimum atomic E-state index is -0.224. The molecule has 6 nitrogen and oxygen atoms in total. The van der Waals surface area contributed by atoms with E-state index in [2.05, 4.69) is 15.5 Å². The van der Waals surface area contributed by atoms with Crippen molar-refractivity contribution >= 4 is 22.9 Å². The van der Waals surface area contributed by atoms with Gasteiger partial charge < -0.3 is 4.74 Å². The average Bonchev–Trinajstić information content (AvgIpc) is 2.97. The molecule has 2 aromatic rings. The maximum atomic E-state index is 6.22. The molecule has 104 valence electrons. The fraction of sp³-hybridized carbons (Fsp3) is 0.455. The fourth-order valence-electron chi connectivity index (χ4n) is 1.82. The van der Waals surface area contributed by atoms with E-state index in [0.717, 1.165) is 15.6 Å². The Morgan fingerprint density at radius 2 is 2.37 bits per heavy atom. The van der Waals surface area contributed by atoms with Gasteiger partial charge in [0.1, 0.15) is 6.04 Å². The van der Waals surface area contributed by atoms with Crippen molar-refractivity contribution < 1.29 is 4.74 Å². The number of hydrogen-bond donors (Lipinski definition) is 2. The van der Waals surface area contributed by atoms with Gasteiger partial charge in [0.2, 0.25) is 0 Å². The number of ether oxygens (including phenoxy) is 1. The Morgan fingerprint density at radius 1 is 1.58 bits per heavy atom. The first kappa shape index (κ1) is 14.4. The third-order valence-corrected chi connectivity index (χ3v) is 3.97. The molecular weight excluding hydrogens is 286 g/mol. The van der Waals surface area contributed by atoms with Crippen LogP contribution >= 0.6 is 22.9 Å². The number of nitrogens with one attached hydrogen (secondary N) is 1. The lowest BCUT2D eigenvalue weighted by Gasteiger charge is -2.16. The van der Waals surface area contributed by atoms with Gasteiger partial charge in [-0.3, -0.25) is 10.5 Å². The standard InChI is InChI=1S/C11H16ClN5OS/c1-7-14-6-9(19-7)10(16-13)11-8(12)5-15-17(11)3-4-18-2/h5-6,10,16H,3-4,13H2,1-2H3. The van der Waals surface area contributed by atoms with E-state index in [0.29, 0.717) is 18.2 Å². The summed E-state index contributed by atoms with van der Waals surface area (Å²) in [5.41, 5.74) is 3.60. The lowest BCUT2D eigenvalue weighted by molar-refractivity contribution is 0.182. The van der Waals surface area contributed by atoms with Crippen molar-refractivity contribution in [2.24, 2.45) is 5.84 Å². The number of aryl methyl sites for hydroxylation is 1. The molecule has 0 spiro atoms. The van der Waals surface area contributed by atoms with Crippen LogP contribution in [0.4, 0.5) is 0 Å². The maximum absolute atomic E-state index is 6.22. The van der Waals surface area contributed by atoms with Gasteiger partial charge in [0.25, 0.3) is 0 Å². The number of thiazole rings is 1. The molecule has 1 unspecified atom stereocenters. The summed E-state index contributed by atoms with van der Waals surface area (Å²) in [7, 11) is 1.65. The molecular formula is C11H16ClN5OS. The van der Waals surface area contributed by atoms with Gasteiger partial charge in [-0.05, 0) is 6.92 Å². The van der Waals surface area contributed by atoms with E-state index >= 15 is 0 Å². The van der Waals surface area contributed by atoms with Crippen LogP contribution in [-0.2, 0) is 11.3 Å². The number of rotatable bonds is 6. The molecule has 2 aromatic heterocycles. The Labute approximate surface area is 120 Å². The highest BCUT2D eigenvalue weighted by atomic mass is 35.5. The van der Waals surface area contributed by atoms with Crippen LogP contribution in [0.2, 0.25) is 5.02 Å². The van der Waals surface area contributed by atoms with Gasteiger partial charge in [-0.2, -0.15) is 5.10 Å². The summed E-state index contributed by atoms with van der Waals surface area (Å²) in [6, 6.07) is -0.224. The van der Waals surface area contributed by atoms with Crippen LogP contribution in [0.1, 0.15) is 21.6 Å². The van der Waals surface area contributed by atoms with Gasteiger partial charge >= 0.3 is 0 Å². The SMILES string of the molecule is COCCn1ncc(Cl)c1C(NN)c1cnc(C)s1. The molecule has 0 aromatic carbocycles. The molecule has 0 bridgehead atoms. The Bertz CT molecular complexity index is 541. The Morgan fingerprint density at radius 3 is 2.95 bits per heavy atom. The zero-order valence-electron chi connectivity index (χ0n) is 10.8. The molecule has 0 saturated heterocycles. The van der Waals surface area contributed by atoms with E-state index in [1.807, 2.05) is 6.92 Å². The summed E-state index contributed by atoms with van der Waals surface area (Å²) in [5.74, 6) is 5.67. The normalized spacial score (nSPS) is 12.8. The largest absolute Gasteiger partial charge is 0.383 e. The van der Waals surface area contributed by atoms with E-state index in [9.17, 15) is 0 Å². The third kappa shape index (κ3) is 3.13. The maximum Gasteiger partial charge on any atom is 0.100 e. The van der Waals surface area contributed by atoms with E-state index < -0.39 is 0 Å². The molecule has 0 radical (unpaired) electrons. The lowest BCUT2D eigenvalue weighted by atomic mass is 10.2. The predicted octanol–water partition coefficient (Wildman–Crippen LogP) is 1.50. The van der Waals surface area contributed by atoms with Crippen molar-refractivity contribution in [1.82, 2.24) is 20.2 Å². The number of aromatic nitrogens is 3. The van der Waals surface area contributed by atoms with Crippen LogP contribution in [0.15, 0.2) is 12.4 Å². The molecule has 0 fully saturated rings. The number of halogens is 1. The summed E-state index contributed by atoms with van der Waals surface area (Å²) in [6.45, 7) is 3.13. The quantitative estimate of drug-likeness (QED) is 0.624. The Kier molecular flexibility index (Phi) is 4.89. The summed E-state index contributed by atoms with van der Waals surface area (Å²) >= 11 is 7.79. The monoisotopic (exact) mass is 301 g/mol. The lowest BCUT2D eigenvalue weighted by Crippen LogP contribution is -2.30. The molecule has 0 aliphatic rings. The molecule has 0 amide bonds. The Hall–Kier alpha value is -0.990. The molecule has 1 atom stereocenters. The van der Waals surface area contributed by atoms with Gasteiger partial charge in [0.05, 0.1) is 35.1 Å². The first-order chi connectivity index (χ1) is 9.17. The predicted molar refractivity (Wildman–Crippen MR) is 75.1 cm³/mol. The van der Waals surface area contributed by atoms with E-state index in [1.54, 1.807) is 35.5 Å². The fourth-order valence-corrected chi connectivity index (χ4v) is 2.92. The van der Waals surface area contributed by atoms with Crippen molar-refractivity contribution in [1.29, 1.82) is 0 Å². The molecule has 2 rings (SSSR count). The Balaban J connectivity index is 2.34. The molecule has 0 saturated carbocycles. The van der Waals surface area contributed by atoms with Crippen LogP contribution in [0.25, 0.3) is 0 Å². The van der Waals surface area contributed by atoms with E-state index in [4.69, 9.17) is 22.2 Å². The average molecular weight is 302 g/mol. The van der Waals surface area contributed by atoms with Gasteiger partial charge in [-0.25, -0.2) is 10.4 Å². The summed E-state index contributed by atoms with van der Waals surface area (Å²) < 4.78 is 6.86. The number of nitrogens with zero attached hydrogens (tertiary/aromatic N) is 3. The summed E-state index contributed by atoms with van der Waals surface area (Å²) in [6.07, 6.45) is 3.42. The van der Waals surface area contributed by atoms with Crippen molar-refractivity contribution in [2.75, 3.05) is 13.7 Å². The molecule has 0 aliphatic carbocycles. The molecule has 3 N–H and O–H groups in total. The minimum Gasteiger partial charge on any atom is -0.383 e. The molecule has 8 heteroatoms.